The van der Waals surface area contributed by atoms with E-state index in [1.54, 1.807) is 0 Å². The van der Waals surface area contributed by atoms with Crippen molar-refractivity contribution in [1.29, 1.82) is 0 Å². The second kappa shape index (κ2) is 4.78. The summed E-state index contributed by atoms with van der Waals surface area (Å²) in [7, 11) is -3.32. The van der Waals surface area contributed by atoms with Crippen molar-refractivity contribution in [2.75, 3.05) is 13.1 Å². The number of unbranched alkanes of at least 4 members (excludes halogenated alkanes) is 1. The molecule has 5 heteroatoms. The molecule has 4 nitrogen and oxygen atoms in total. The monoisotopic (exact) mass is 216 g/mol. The summed E-state index contributed by atoms with van der Waals surface area (Å²) < 4.78 is 27.1. The maximum Gasteiger partial charge on any atom is 0.280 e. The number of hydrogen-bond acceptors (Lipinski definition) is 2. The second-order valence-electron chi connectivity index (χ2n) is 3.38. The third-order valence-corrected chi connectivity index (χ3v) is 3.89. The van der Waals surface area contributed by atoms with Gasteiger partial charge >= 0.3 is 0 Å². The summed E-state index contributed by atoms with van der Waals surface area (Å²) in [4.78, 5) is 0. The van der Waals surface area contributed by atoms with Crippen molar-refractivity contribution in [3.05, 3.63) is 0 Å². The van der Waals surface area contributed by atoms with Crippen LogP contribution in [-0.4, -0.2) is 31.9 Å². The first-order valence-electron chi connectivity index (χ1n) is 4.83. The van der Waals surface area contributed by atoms with Crippen LogP contribution < -0.4 is 4.72 Å². The van der Waals surface area contributed by atoms with Crippen LogP contribution in [-0.2, 0) is 10.2 Å². The van der Waals surface area contributed by atoms with Crippen molar-refractivity contribution >= 4 is 10.2 Å². The Labute approximate surface area is 85.9 Å². The Hall–Kier alpha value is -0.570. The molecule has 1 aliphatic rings. The first kappa shape index (κ1) is 11.5. The minimum atomic E-state index is -3.32. The Kier molecular flexibility index (Phi) is 3.93. The highest BCUT2D eigenvalue weighted by Gasteiger charge is 2.29. The molecule has 14 heavy (non-hydrogen) atoms. The fourth-order valence-corrected chi connectivity index (χ4v) is 2.80. The van der Waals surface area contributed by atoms with E-state index in [2.05, 4.69) is 10.6 Å². The molecular formula is C9H16N2O2S. The van der Waals surface area contributed by atoms with Gasteiger partial charge < -0.3 is 0 Å². The van der Waals surface area contributed by atoms with E-state index < -0.39 is 10.2 Å². The Bertz CT molecular complexity index is 318. The lowest BCUT2D eigenvalue weighted by Gasteiger charge is -2.29. The third kappa shape index (κ3) is 2.71. The summed E-state index contributed by atoms with van der Waals surface area (Å²) in [6.45, 7) is 3.15. The van der Waals surface area contributed by atoms with Gasteiger partial charge in [-0.2, -0.15) is 17.4 Å². The van der Waals surface area contributed by atoms with Crippen molar-refractivity contribution in [3.8, 4) is 12.3 Å². The van der Waals surface area contributed by atoms with Gasteiger partial charge in [-0.3, -0.25) is 0 Å². The maximum atomic E-state index is 11.6. The van der Waals surface area contributed by atoms with Crippen LogP contribution in [0.1, 0.15) is 26.2 Å². The minimum absolute atomic E-state index is 0.335. The van der Waals surface area contributed by atoms with Gasteiger partial charge in [0.1, 0.15) is 0 Å². The maximum absolute atomic E-state index is 11.6. The van der Waals surface area contributed by atoms with Gasteiger partial charge in [0, 0.05) is 13.1 Å². The highest BCUT2D eigenvalue weighted by atomic mass is 32.2. The van der Waals surface area contributed by atoms with Crippen LogP contribution in [0.4, 0.5) is 0 Å². The molecule has 0 saturated carbocycles. The number of nitrogens with one attached hydrogen (secondary N) is 1. The fraction of sp³-hybridized carbons (Fsp3) is 0.778. The van der Waals surface area contributed by atoms with Crippen LogP contribution in [0.5, 0.6) is 0 Å². The topological polar surface area (TPSA) is 49.4 Å². The molecule has 0 aromatic rings. The Morgan fingerprint density at radius 2 is 2.36 bits per heavy atom. The molecular weight excluding hydrogens is 200 g/mol. The Morgan fingerprint density at radius 1 is 1.64 bits per heavy atom. The van der Waals surface area contributed by atoms with Crippen LogP contribution in [0.2, 0.25) is 0 Å². The molecule has 0 spiro atoms. The van der Waals surface area contributed by atoms with Gasteiger partial charge in [-0.05, 0) is 12.8 Å². The minimum Gasteiger partial charge on any atom is -0.195 e. The summed E-state index contributed by atoms with van der Waals surface area (Å²) in [5, 5.41) is 0. The third-order valence-electron chi connectivity index (χ3n) is 2.26. The standard InChI is InChI=1S/C9H16N2O2S/c1-3-5-7-11-8-6-9(4-2)10-14(11,12)13/h2,9-10H,3,5-8H2,1H3/t9-/m0/s1. The molecule has 0 unspecified atom stereocenters. The zero-order valence-electron chi connectivity index (χ0n) is 8.36. The molecule has 0 aliphatic carbocycles. The summed E-state index contributed by atoms with van der Waals surface area (Å²) >= 11 is 0. The fourth-order valence-electron chi connectivity index (χ4n) is 1.39. The van der Waals surface area contributed by atoms with Crippen LogP contribution in [0, 0.1) is 12.3 Å². The first-order valence-corrected chi connectivity index (χ1v) is 6.27. The zero-order chi connectivity index (χ0) is 10.6. The van der Waals surface area contributed by atoms with Gasteiger partial charge in [0.05, 0.1) is 6.04 Å². The number of rotatable bonds is 3. The highest BCUT2D eigenvalue weighted by Crippen LogP contribution is 2.11. The molecule has 1 aliphatic heterocycles. The normalized spacial score (nSPS) is 27.0. The summed E-state index contributed by atoms with van der Waals surface area (Å²) in [5.41, 5.74) is 0. The first-order chi connectivity index (χ1) is 6.60. The van der Waals surface area contributed by atoms with Crippen molar-refractivity contribution in [2.45, 2.75) is 32.2 Å². The summed E-state index contributed by atoms with van der Waals surface area (Å²) in [5.74, 6) is 2.42. The predicted octanol–water partition coefficient (Wildman–Crippen LogP) is 0.328. The van der Waals surface area contributed by atoms with Crippen LogP contribution in [0.3, 0.4) is 0 Å². The highest BCUT2D eigenvalue weighted by molar-refractivity contribution is 7.87. The smallest absolute Gasteiger partial charge is 0.195 e. The van der Waals surface area contributed by atoms with Gasteiger partial charge in [-0.1, -0.05) is 19.3 Å². The quantitative estimate of drug-likeness (QED) is 0.691. The van der Waals surface area contributed by atoms with E-state index in [0.29, 0.717) is 19.5 Å². The van der Waals surface area contributed by atoms with Gasteiger partial charge in [0.25, 0.3) is 10.2 Å². The van der Waals surface area contributed by atoms with E-state index in [-0.39, 0.29) is 6.04 Å². The predicted molar refractivity (Wildman–Crippen MR) is 55.8 cm³/mol. The average Bonchev–Trinajstić information content (AvgIpc) is 2.15. The van der Waals surface area contributed by atoms with Gasteiger partial charge in [0.2, 0.25) is 0 Å². The van der Waals surface area contributed by atoms with E-state index in [9.17, 15) is 8.42 Å². The summed E-state index contributed by atoms with van der Waals surface area (Å²) in [6.07, 6.45) is 7.75. The molecule has 1 rings (SSSR count). The number of nitrogens with zero attached hydrogens (tertiary/aromatic N) is 1. The molecule has 1 N–H and O–H groups in total. The Morgan fingerprint density at radius 3 is 2.86 bits per heavy atom. The molecule has 0 amide bonds. The second-order valence-corrected chi connectivity index (χ2v) is 5.09. The molecule has 0 bridgehead atoms. The van der Waals surface area contributed by atoms with Gasteiger partial charge in [-0.25, -0.2) is 0 Å². The van der Waals surface area contributed by atoms with Crippen molar-refractivity contribution < 1.29 is 8.42 Å². The molecule has 0 aromatic carbocycles. The van der Waals surface area contributed by atoms with Crippen molar-refractivity contribution in [1.82, 2.24) is 9.03 Å². The van der Waals surface area contributed by atoms with E-state index in [0.717, 1.165) is 12.8 Å². The SMILES string of the molecule is C#C[C@H]1CCN(CCCC)S(=O)(=O)N1. The van der Waals surface area contributed by atoms with Crippen LogP contribution in [0.25, 0.3) is 0 Å². The van der Waals surface area contributed by atoms with E-state index in [1.165, 1.54) is 4.31 Å². The molecule has 1 saturated heterocycles. The summed E-state index contributed by atoms with van der Waals surface area (Å²) in [6, 6.07) is -0.335. The van der Waals surface area contributed by atoms with Gasteiger partial charge in [-0.15, -0.1) is 6.42 Å². The molecule has 0 radical (unpaired) electrons. The van der Waals surface area contributed by atoms with Crippen molar-refractivity contribution in [2.24, 2.45) is 0 Å². The molecule has 1 fully saturated rings. The lowest BCUT2D eigenvalue weighted by Crippen LogP contribution is -2.51. The molecule has 1 heterocycles. The lowest BCUT2D eigenvalue weighted by molar-refractivity contribution is 0.354. The van der Waals surface area contributed by atoms with Gasteiger partial charge in [0.15, 0.2) is 0 Å². The molecule has 0 aromatic heterocycles. The van der Waals surface area contributed by atoms with E-state index in [1.807, 2.05) is 6.92 Å². The number of terminal acetylenes is 1. The average molecular weight is 216 g/mol. The van der Waals surface area contributed by atoms with Crippen LogP contribution >= 0.6 is 0 Å². The van der Waals surface area contributed by atoms with E-state index in [4.69, 9.17) is 6.42 Å². The lowest BCUT2D eigenvalue weighted by atomic mass is 10.2. The van der Waals surface area contributed by atoms with Crippen molar-refractivity contribution in [3.63, 3.8) is 0 Å². The molecule has 80 valence electrons. The Balaban J connectivity index is 2.60. The largest absolute Gasteiger partial charge is 0.280 e. The van der Waals surface area contributed by atoms with E-state index >= 15 is 0 Å². The number of hydrogen-bond donors (Lipinski definition) is 1. The zero-order valence-corrected chi connectivity index (χ0v) is 9.18. The van der Waals surface area contributed by atoms with Crippen LogP contribution in [0.15, 0.2) is 0 Å². The molecule has 1 atom stereocenters.